The number of rotatable bonds is 6. The van der Waals surface area contributed by atoms with Crippen LogP contribution in [-0.2, 0) is 11.3 Å². The highest BCUT2D eigenvalue weighted by Gasteiger charge is 2.00. The molecule has 0 aliphatic rings. The predicted octanol–water partition coefficient (Wildman–Crippen LogP) is 0.0924. The Hall–Kier alpha value is -1.49. The van der Waals surface area contributed by atoms with Crippen molar-refractivity contribution in [1.29, 1.82) is 0 Å². The van der Waals surface area contributed by atoms with Crippen molar-refractivity contribution in [3.8, 4) is 0 Å². The summed E-state index contributed by atoms with van der Waals surface area (Å²) in [6.07, 6.45) is 3.63. The van der Waals surface area contributed by atoms with Gasteiger partial charge in [0.1, 0.15) is 6.33 Å². The predicted molar refractivity (Wildman–Crippen MR) is 57.0 cm³/mol. The number of aromatic nitrogens is 2. The fourth-order valence-electron chi connectivity index (χ4n) is 1.08. The molecule has 0 atom stereocenters. The van der Waals surface area contributed by atoms with E-state index in [2.05, 4.69) is 20.6 Å². The molecule has 0 radical (unpaired) electrons. The molecule has 15 heavy (non-hydrogen) atoms. The van der Waals surface area contributed by atoms with Gasteiger partial charge in [-0.25, -0.2) is 9.97 Å². The molecule has 0 bridgehead atoms. The number of carbonyl (C=O) groups excluding carboxylic acids is 1. The SMILES string of the molecule is CCNCCC(=O)NCc1ccncn1. The lowest BCUT2D eigenvalue weighted by Gasteiger charge is -2.04. The number of nitrogens with one attached hydrogen (secondary N) is 2. The van der Waals surface area contributed by atoms with Gasteiger partial charge >= 0.3 is 0 Å². The van der Waals surface area contributed by atoms with Gasteiger partial charge in [-0.05, 0) is 12.6 Å². The summed E-state index contributed by atoms with van der Waals surface area (Å²) in [6.45, 7) is 4.08. The van der Waals surface area contributed by atoms with Gasteiger partial charge in [-0.15, -0.1) is 0 Å². The Morgan fingerprint density at radius 1 is 1.53 bits per heavy atom. The van der Waals surface area contributed by atoms with E-state index in [1.165, 1.54) is 6.33 Å². The Balaban J connectivity index is 2.17. The molecule has 0 spiro atoms. The Morgan fingerprint density at radius 3 is 3.07 bits per heavy atom. The molecule has 2 N–H and O–H groups in total. The molecule has 5 heteroatoms. The molecule has 0 unspecified atom stereocenters. The summed E-state index contributed by atoms with van der Waals surface area (Å²) in [4.78, 5) is 19.1. The Labute approximate surface area is 89.3 Å². The first-order valence-electron chi connectivity index (χ1n) is 5.05. The molecule has 5 nitrogen and oxygen atoms in total. The van der Waals surface area contributed by atoms with Crippen LogP contribution in [0.15, 0.2) is 18.6 Å². The molecule has 0 aromatic carbocycles. The second-order valence-electron chi connectivity index (χ2n) is 3.08. The summed E-state index contributed by atoms with van der Waals surface area (Å²) < 4.78 is 0. The molecule has 1 aromatic heterocycles. The molecule has 0 fully saturated rings. The summed E-state index contributed by atoms with van der Waals surface area (Å²) in [5.74, 6) is 0.0366. The van der Waals surface area contributed by atoms with Crippen LogP contribution in [0.1, 0.15) is 19.0 Å². The second-order valence-corrected chi connectivity index (χ2v) is 3.08. The van der Waals surface area contributed by atoms with Gasteiger partial charge in [-0.2, -0.15) is 0 Å². The minimum Gasteiger partial charge on any atom is -0.350 e. The maximum Gasteiger partial charge on any atom is 0.221 e. The molecular formula is C10H16N4O. The largest absolute Gasteiger partial charge is 0.350 e. The summed E-state index contributed by atoms with van der Waals surface area (Å²) in [7, 11) is 0. The van der Waals surface area contributed by atoms with Crippen LogP contribution in [0.2, 0.25) is 0 Å². The molecule has 0 saturated heterocycles. The van der Waals surface area contributed by atoms with E-state index in [1.54, 1.807) is 12.3 Å². The van der Waals surface area contributed by atoms with Crippen molar-refractivity contribution >= 4 is 5.91 Å². The van der Waals surface area contributed by atoms with Gasteiger partial charge in [-0.3, -0.25) is 4.79 Å². The minimum absolute atomic E-state index is 0.0366. The summed E-state index contributed by atoms with van der Waals surface area (Å²) in [5.41, 5.74) is 0.821. The lowest BCUT2D eigenvalue weighted by molar-refractivity contribution is -0.121. The van der Waals surface area contributed by atoms with Crippen molar-refractivity contribution in [3.63, 3.8) is 0 Å². The van der Waals surface area contributed by atoms with Crippen LogP contribution in [0.3, 0.4) is 0 Å². The zero-order chi connectivity index (χ0) is 10.9. The van der Waals surface area contributed by atoms with Gasteiger partial charge in [0.25, 0.3) is 0 Å². The van der Waals surface area contributed by atoms with Crippen LogP contribution in [0.25, 0.3) is 0 Å². The van der Waals surface area contributed by atoms with E-state index >= 15 is 0 Å². The number of nitrogens with zero attached hydrogens (tertiary/aromatic N) is 2. The first-order valence-corrected chi connectivity index (χ1v) is 5.05. The van der Waals surface area contributed by atoms with Gasteiger partial charge < -0.3 is 10.6 Å². The van der Waals surface area contributed by atoms with E-state index in [-0.39, 0.29) is 5.91 Å². The van der Waals surface area contributed by atoms with Crippen LogP contribution < -0.4 is 10.6 Å². The van der Waals surface area contributed by atoms with Crippen molar-refractivity contribution in [2.45, 2.75) is 19.9 Å². The normalized spacial score (nSPS) is 9.93. The highest BCUT2D eigenvalue weighted by Crippen LogP contribution is 1.90. The fraction of sp³-hybridized carbons (Fsp3) is 0.500. The maximum absolute atomic E-state index is 11.3. The smallest absolute Gasteiger partial charge is 0.221 e. The molecule has 0 aliphatic heterocycles. The first kappa shape index (κ1) is 11.6. The second kappa shape index (κ2) is 6.89. The molecule has 1 amide bonds. The monoisotopic (exact) mass is 208 g/mol. The van der Waals surface area contributed by atoms with Crippen LogP contribution >= 0.6 is 0 Å². The minimum atomic E-state index is 0.0366. The molecule has 0 aliphatic carbocycles. The Morgan fingerprint density at radius 2 is 2.40 bits per heavy atom. The van der Waals surface area contributed by atoms with Gasteiger partial charge in [-0.1, -0.05) is 6.92 Å². The lowest BCUT2D eigenvalue weighted by atomic mass is 10.3. The maximum atomic E-state index is 11.3. The third-order valence-corrected chi connectivity index (χ3v) is 1.89. The van der Waals surface area contributed by atoms with E-state index in [0.29, 0.717) is 19.5 Å². The standard InChI is InChI=1S/C10H16N4O/c1-2-11-6-4-10(15)13-7-9-3-5-12-8-14-9/h3,5,8,11H,2,4,6-7H2,1H3,(H,13,15). The van der Waals surface area contributed by atoms with Crippen molar-refractivity contribution in [1.82, 2.24) is 20.6 Å². The third-order valence-electron chi connectivity index (χ3n) is 1.89. The Kier molecular flexibility index (Phi) is 5.32. The summed E-state index contributed by atoms with van der Waals surface area (Å²) in [5, 5.41) is 5.88. The molecule has 1 rings (SSSR count). The van der Waals surface area contributed by atoms with E-state index in [1.807, 2.05) is 6.92 Å². The van der Waals surface area contributed by atoms with Crippen molar-refractivity contribution in [2.24, 2.45) is 0 Å². The number of carbonyl (C=O) groups is 1. The zero-order valence-corrected chi connectivity index (χ0v) is 8.86. The highest BCUT2D eigenvalue weighted by molar-refractivity contribution is 5.75. The van der Waals surface area contributed by atoms with Gasteiger partial charge in [0.15, 0.2) is 0 Å². The zero-order valence-electron chi connectivity index (χ0n) is 8.86. The lowest BCUT2D eigenvalue weighted by Crippen LogP contribution is -2.27. The van der Waals surface area contributed by atoms with E-state index < -0.39 is 0 Å². The first-order chi connectivity index (χ1) is 7.33. The molecule has 0 saturated carbocycles. The summed E-state index contributed by atoms with van der Waals surface area (Å²) >= 11 is 0. The average molecular weight is 208 g/mol. The van der Waals surface area contributed by atoms with Crippen LogP contribution in [0.4, 0.5) is 0 Å². The summed E-state index contributed by atoms with van der Waals surface area (Å²) in [6, 6.07) is 1.78. The number of hydrogen-bond donors (Lipinski definition) is 2. The van der Waals surface area contributed by atoms with Crippen LogP contribution in [0.5, 0.6) is 0 Å². The molecule has 1 heterocycles. The van der Waals surface area contributed by atoms with E-state index in [9.17, 15) is 4.79 Å². The van der Waals surface area contributed by atoms with Gasteiger partial charge in [0, 0.05) is 19.2 Å². The fourth-order valence-corrected chi connectivity index (χ4v) is 1.08. The Bertz CT molecular complexity index is 289. The van der Waals surface area contributed by atoms with Crippen molar-refractivity contribution in [2.75, 3.05) is 13.1 Å². The highest BCUT2D eigenvalue weighted by atomic mass is 16.1. The number of hydrogen-bond acceptors (Lipinski definition) is 4. The average Bonchev–Trinajstić information content (AvgIpc) is 2.28. The molecule has 1 aromatic rings. The topological polar surface area (TPSA) is 66.9 Å². The molecule has 82 valence electrons. The van der Waals surface area contributed by atoms with Gasteiger partial charge in [0.05, 0.1) is 12.2 Å². The van der Waals surface area contributed by atoms with Crippen LogP contribution in [0, 0.1) is 0 Å². The third kappa shape index (κ3) is 5.07. The molecular weight excluding hydrogens is 192 g/mol. The van der Waals surface area contributed by atoms with Crippen molar-refractivity contribution < 1.29 is 4.79 Å². The van der Waals surface area contributed by atoms with Crippen LogP contribution in [-0.4, -0.2) is 29.0 Å². The number of amides is 1. The van der Waals surface area contributed by atoms with E-state index in [4.69, 9.17) is 0 Å². The van der Waals surface area contributed by atoms with E-state index in [0.717, 1.165) is 12.2 Å². The quantitative estimate of drug-likeness (QED) is 0.650. The van der Waals surface area contributed by atoms with Gasteiger partial charge in [0.2, 0.25) is 5.91 Å². The van der Waals surface area contributed by atoms with Crippen molar-refractivity contribution in [3.05, 3.63) is 24.3 Å².